The van der Waals surface area contributed by atoms with E-state index in [1.807, 2.05) is 30.3 Å². The summed E-state index contributed by atoms with van der Waals surface area (Å²) in [7, 11) is 0. The summed E-state index contributed by atoms with van der Waals surface area (Å²) in [5.74, 6) is 1.62. The van der Waals surface area contributed by atoms with Crippen molar-refractivity contribution in [2.45, 2.75) is 6.54 Å². The van der Waals surface area contributed by atoms with Crippen LogP contribution in [-0.2, 0) is 6.54 Å². The van der Waals surface area contributed by atoms with Crippen molar-refractivity contribution in [3.63, 3.8) is 0 Å². The van der Waals surface area contributed by atoms with Crippen LogP contribution in [0, 0.1) is 0 Å². The zero-order valence-electron chi connectivity index (χ0n) is 11.7. The number of aromatic nitrogens is 2. The van der Waals surface area contributed by atoms with E-state index in [1.165, 1.54) is 0 Å². The first-order valence-electron chi connectivity index (χ1n) is 7.08. The summed E-state index contributed by atoms with van der Waals surface area (Å²) in [5, 5.41) is 7.39. The molecule has 0 saturated carbocycles. The van der Waals surface area contributed by atoms with Crippen LogP contribution in [-0.4, -0.2) is 36.1 Å². The van der Waals surface area contributed by atoms with E-state index in [1.54, 1.807) is 6.20 Å². The lowest BCUT2D eigenvalue weighted by molar-refractivity contribution is 0.580. The number of hydrogen-bond acceptors (Lipinski definition) is 5. The highest BCUT2D eigenvalue weighted by Gasteiger charge is 2.13. The van der Waals surface area contributed by atoms with Gasteiger partial charge in [-0.3, -0.25) is 0 Å². The summed E-state index contributed by atoms with van der Waals surface area (Å²) in [5.41, 5.74) is 1.13. The second kappa shape index (κ2) is 6.74. The molecule has 21 heavy (non-hydrogen) atoms. The van der Waals surface area contributed by atoms with Gasteiger partial charge in [0.15, 0.2) is 0 Å². The quantitative estimate of drug-likeness (QED) is 0.906. The van der Waals surface area contributed by atoms with Gasteiger partial charge >= 0.3 is 0 Å². The van der Waals surface area contributed by atoms with Crippen molar-refractivity contribution in [1.29, 1.82) is 0 Å². The van der Waals surface area contributed by atoms with Crippen molar-refractivity contribution in [1.82, 2.24) is 15.3 Å². The highest BCUT2D eigenvalue weighted by molar-refractivity contribution is 6.30. The van der Waals surface area contributed by atoms with E-state index in [0.717, 1.165) is 48.5 Å². The van der Waals surface area contributed by atoms with E-state index in [2.05, 4.69) is 25.5 Å². The zero-order chi connectivity index (χ0) is 14.5. The summed E-state index contributed by atoms with van der Waals surface area (Å²) in [4.78, 5) is 11.1. The van der Waals surface area contributed by atoms with Crippen molar-refractivity contribution in [2.24, 2.45) is 0 Å². The Morgan fingerprint density at radius 1 is 1.24 bits per heavy atom. The molecule has 110 valence electrons. The molecule has 0 radical (unpaired) electrons. The first-order chi connectivity index (χ1) is 10.3. The van der Waals surface area contributed by atoms with Crippen LogP contribution in [0.5, 0.6) is 0 Å². The number of hydrogen-bond donors (Lipinski definition) is 2. The lowest BCUT2D eigenvalue weighted by Gasteiger charge is -2.27. The van der Waals surface area contributed by atoms with Crippen molar-refractivity contribution in [3.8, 4) is 0 Å². The van der Waals surface area contributed by atoms with Crippen LogP contribution in [0.1, 0.15) is 5.56 Å². The molecule has 0 amide bonds. The molecule has 0 bridgehead atoms. The van der Waals surface area contributed by atoms with Gasteiger partial charge in [0.1, 0.15) is 5.82 Å². The van der Waals surface area contributed by atoms with Crippen molar-refractivity contribution < 1.29 is 0 Å². The lowest BCUT2D eigenvalue weighted by atomic mass is 10.2. The van der Waals surface area contributed by atoms with Crippen LogP contribution < -0.4 is 15.5 Å². The third-order valence-corrected chi connectivity index (χ3v) is 3.64. The number of anilines is 2. The molecular weight excluding hydrogens is 286 g/mol. The fourth-order valence-corrected chi connectivity index (χ4v) is 2.52. The number of benzene rings is 1. The molecule has 1 aromatic heterocycles. The molecule has 1 saturated heterocycles. The molecule has 2 aromatic rings. The van der Waals surface area contributed by atoms with Gasteiger partial charge in [0.25, 0.3) is 0 Å². The first-order valence-corrected chi connectivity index (χ1v) is 7.46. The molecule has 0 aliphatic carbocycles. The Bertz CT molecular complexity index is 598. The third-order valence-electron chi connectivity index (χ3n) is 3.41. The van der Waals surface area contributed by atoms with Crippen molar-refractivity contribution >= 4 is 23.4 Å². The minimum Gasteiger partial charge on any atom is -0.366 e. The zero-order valence-corrected chi connectivity index (χ0v) is 12.5. The molecule has 2 N–H and O–H groups in total. The van der Waals surface area contributed by atoms with E-state index < -0.39 is 0 Å². The fraction of sp³-hybridized carbons (Fsp3) is 0.333. The number of piperazine rings is 1. The molecule has 0 spiro atoms. The standard InChI is InChI=1S/C15H18ClN5/c16-13-3-1-2-12(10-13)11-19-14-4-5-18-15(20-14)21-8-6-17-7-9-21/h1-5,10,17H,6-9,11H2,(H,18,19,20). The lowest BCUT2D eigenvalue weighted by Crippen LogP contribution is -2.44. The molecule has 1 fully saturated rings. The van der Waals surface area contributed by atoms with E-state index >= 15 is 0 Å². The van der Waals surface area contributed by atoms with Gasteiger partial charge < -0.3 is 15.5 Å². The Labute approximate surface area is 129 Å². The van der Waals surface area contributed by atoms with Crippen LogP contribution in [0.25, 0.3) is 0 Å². The van der Waals surface area contributed by atoms with E-state index in [0.29, 0.717) is 6.54 Å². The molecular formula is C15H18ClN5. The highest BCUT2D eigenvalue weighted by Crippen LogP contribution is 2.14. The molecule has 6 heteroatoms. The second-order valence-electron chi connectivity index (χ2n) is 4.96. The van der Waals surface area contributed by atoms with E-state index in [9.17, 15) is 0 Å². The fourth-order valence-electron chi connectivity index (χ4n) is 2.30. The van der Waals surface area contributed by atoms with Crippen molar-refractivity contribution in [2.75, 3.05) is 36.4 Å². The van der Waals surface area contributed by atoms with Crippen LogP contribution >= 0.6 is 11.6 Å². The molecule has 1 aromatic carbocycles. The first kappa shape index (κ1) is 14.1. The summed E-state index contributed by atoms with van der Waals surface area (Å²) < 4.78 is 0. The number of halogens is 1. The number of rotatable bonds is 4. The third kappa shape index (κ3) is 3.83. The van der Waals surface area contributed by atoms with Crippen LogP contribution in [0.4, 0.5) is 11.8 Å². The smallest absolute Gasteiger partial charge is 0.227 e. The predicted octanol–water partition coefficient (Wildman–Crippen LogP) is 2.15. The Morgan fingerprint density at radius 2 is 2.10 bits per heavy atom. The summed E-state index contributed by atoms with van der Waals surface area (Å²) in [6.45, 7) is 4.53. The normalized spacial score (nSPS) is 15.0. The Kier molecular flexibility index (Phi) is 4.52. The SMILES string of the molecule is Clc1cccc(CNc2ccnc(N3CCNCC3)n2)c1. The van der Waals surface area contributed by atoms with Gasteiger partial charge in [0.05, 0.1) is 0 Å². The molecule has 0 atom stereocenters. The number of nitrogens with one attached hydrogen (secondary N) is 2. The molecule has 5 nitrogen and oxygen atoms in total. The van der Waals surface area contributed by atoms with Crippen LogP contribution in [0.3, 0.4) is 0 Å². The summed E-state index contributed by atoms with van der Waals surface area (Å²) in [6, 6.07) is 9.70. The Balaban J connectivity index is 1.65. The van der Waals surface area contributed by atoms with E-state index in [4.69, 9.17) is 11.6 Å². The Morgan fingerprint density at radius 3 is 2.90 bits per heavy atom. The summed E-state index contributed by atoms with van der Waals surface area (Å²) >= 11 is 5.99. The predicted molar refractivity (Wildman–Crippen MR) is 85.9 cm³/mol. The van der Waals surface area contributed by atoms with E-state index in [-0.39, 0.29) is 0 Å². The maximum Gasteiger partial charge on any atom is 0.227 e. The maximum atomic E-state index is 5.99. The average Bonchev–Trinajstić information content (AvgIpc) is 2.54. The van der Waals surface area contributed by atoms with Crippen LogP contribution in [0.2, 0.25) is 5.02 Å². The van der Waals surface area contributed by atoms with Gasteiger partial charge in [-0.15, -0.1) is 0 Å². The maximum absolute atomic E-state index is 5.99. The average molecular weight is 304 g/mol. The van der Waals surface area contributed by atoms with Gasteiger partial charge in [0, 0.05) is 43.9 Å². The highest BCUT2D eigenvalue weighted by atomic mass is 35.5. The van der Waals surface area contributed by atoms with Gasteiger partial charge in [-0.2, -0.15) is 4.98 Å². The van der Waals surface area contributed by atoms with Gasteiger partial charge in [-0.25, -0.2) is 4.98 Å². The molecule has 1 aliphatic rings. The molecule has 0 unspecified atom stereocenters. The second-order valence-corrected chi connectivity index (χ2v) is 5.40. The number of nitrogens with zero attached hydrogens (tertiary/aromatic N) is 3. The van der Waals surface area contributed by atoms with Crippen molar-refractivity contribution in [3.05, 3.63) is 47.1 Å². The van der Waals surface area contributed by atoms with Gasteiger partial charge in [-0.1, -0.05) is 23.7 Å². The largest absolute Gasteiger partial charge is 0.366 e. The van der Waals surface area contributed by atoms with Gasteiger partial charge in [0.2, 0.25) is 5.95 Å². The minimum absolute atomic E-state index is 0.693. The monoisotopic (exact) mass is 303 g/mol. The minimum atomic E-state index is 0.693. The topological polar surface area (TPSA) is 53.1 Å². The molecule has 3 rings (SSSR count). The Hall–Kier alpha value is -1.85. The summed E-state index contributed by atoms with van der Waals surface area (Å²) in [6.07, 6.45) is 1.80. The molecule has 1 aliphatic heterocycles. The van der Waals surface area contributed by atoms with Crippen LogP contribution in [0.15, 0.2) is 36.5 Å². The van der Waals surface area contributed by atoms with Gasteiger partial charge in [-0.05, 0) is 23.8 Å². The molecule has 2 heterocycles.